The molecule has 0 N–H and O–H groups in total. The molecule has 0 bridgehead atoms. The van der Waals surface area contributed by atoms with Gasteiger partial charge in [0.15, 0.2) is 0 Å². The van der Waals surface area contributed by atoms with Gasteiger partial charge in [-0.15, -0.1) is 0 Å². The number of ether oxygens (including phenoxy) is 2. The Kier molecular flexibility index (Phi) is 9.41. The molecular formula is C67H44B2N2O2S2. The lowest BCUT2D eigenvalue weighted by Gasteiger charge is -2.44. The molecule has 75 heavy (non-hydrogen) atoms. The Morgan fingerprint density at radius 1 is 0.400 bits per heavy atom. The number of anilines is 6. The molecule has 8 heteroatoms. The van der Waals surface area contributed by atoms with Gasteiger partial charge in [0.1, 0.15) is 23.0 Å². The summed E-state index contributed by atoms with van der Waals surface area (Å²) >= 11 is 3.88. The van der Waals surface area contributed by atoms with Crippen molar-refractivity contribution in [2.75, 3.05) is 9.80 Å². The molecular weight excluding hydrogens is 951 g/mol. The number of rotatable bonds is 6. The summed E-state index contributed by atoms with van der Waals surface area (Å²) in [6.07, 6.45) is 0. The van der Waals surface area contributed by atoms with E-state index in [-0.39, 0.29) is 18.8 Å². The normalized spacial score (nSPS) is 14.4. The second kappa shape index (κ2) is 16.4. The highest BCUT2D eigenvalue weighted by Gasteiger charge is 2.49. The highest BCUT2D eigenvalue weighted by atomic mass is 32.2. The first-order chi connectivity index (χ1) is 36.9. The van der Waals surface area contributed by atoms with E-state index in [1.54, 1.807) is 0 Å². The molecule has 0 amide bonds. The number of fused-ring (bicyclic) bond motifs is 14. The molecule has 4 nitrogen and oxygen atoms in total. The lowest BCUT2D eigenvalue weighted by Crippen LogP contribution is -2.63. The number of hydrogen-bond acceptors (Lipinski definition) is 6. The van der Waals surface area contributed by atoms with Gasteiger partial charge in [0.05, 0.1) is 0 Å². The molecule has 4 aliphatic heterocycles. The standard InChI is InChI=1S/C67H44B2N2O2S2/c1-67(2)51-37-47(73-45-25-13-6-14-26-45)32-34-49(51)50-38-61-64-65(62(50)67)71(43-21-9-4-10-22-43)57-30-18-16-28-53(57)69(64)54-39-55-60(40-59(54)74-61)75-66-48-33-31-46(72-44-23-11-5-12-24-44)35-41(48)36-58-63(66)68(55)52-27-15-17-29-56(52)70(58)42-19-7-3-8-20-42/h3-40H,1-2H3. The summed E-state index contributed by atoms with van der Waals surface area (Å²) in [7, 11) is 0. The Morgan fingerprint density at radius 3 is 1.61 bits per heavy atom. The molecule has 0 radical (unpaired) electrons. The summed E-state index contributed by atoms with van der Waals surface area (Å²) in [5, 5.41) is 2.39. The maximum atomic E-state index is 6.54. The molecule has 0 spiro atoms. The van der Waals surface area contributed by atoms with Crippen molar-refractivity contribution in [3.05, 3.63) is 242 Å². The molecule has 11 aromatic carbocycles. The second-order valence-electron chi connectivity index (χ2n) is 20.7. The monoisotopic (exact) mass is 994 g/mol. The van der Waals surface area contributed by atoms with Gasteiger partial charge in [0, 0.05) is 59.1 Å². The van der Waals surface area contributed by atoms with Crippen molar-refractivity contribution < 1.29 is 9.47 Å². The van der Waals surface area contributed by atoms with E-state index in [2.05, 4.69) is 194 Å². The highest BCUT2D eigenvalue weighted by molar-refractivity contribution is 8.01. The Labute approximate surface area is 445 Å². The van der Waals surface area contributed by atoms with E-state index in [0.717, 1.165) is 39.8 Å². The Hall–Kier alpha value is -8.29. The van der Waals surface area contributed by atoms with Crippen LogP contribution in [0.1, 0.15) is 25.0 Å². The summed E-state index contributed by atoms with van der Waals surface area (Å²) in [5.41, 5.74) is 20.2. The van der Waals surface area contributed by atoms with Crippen LogP contribution in [0.5, 0.6) is 23.0 Å². The van der Waals surface area contributed by atoms with E-state index >= 15 is 0 Å². The SMILES string of the molecule is CC1(C)c2cc(Oc3ccccc3)ccc2-c2cc3c4c(c21)N(c1ccccc1)c1ccccc1B4c1cc2c(cc1S3)Sc1c3c(cc4cc(Oc5ccccc5)ccc14)N(c1ccccc1)c1ccccc1B23. The fourth-order valence-corrected chi connectivity index (χ4v) is 15.6. The van der Waals surface area contributed by atoms with E-state index in [4.69, 9.17) is 9.47 Å². The van der Waals surface area contributed by atoms with Crippen LogP contribution < -0.4 is 52.1 Å². The minimum absolute atomic E-state index is 0.000317. The molecule has 11 aromatic rings. The van der Waals surface area contributed by atoms with Crippen LogP contribution in [0.4, 0.5) is 34.1 Å². The minimum Gasteiger partial charge on any atom is -0.457 e. The predicted octanol–water partition coefficient (Wildman–Crippen LogP) is 14.3. The molecule has 4 heterocycles. The molecule has 0 atom stereocenters. The van der Waals surface area contributed by atoms with Crippen molar-refractivity contribution in [3.63, 3.8) is 0 Å². The molecule has 0 fully saturated rings. The van der Waals surface area contributed by atoms with Crippen LogP contribution in [0.3, 0.4) is 0 Å². The maximum absolute atomic E-state index is 6.54. The third kappa shape index (κ3) is 6.43. The van der Waals surface area contributed by atoms with Crippen LogP contribution in [0.25, 0.3) is 21.9 Å². The van der Waals surface area contributed by atoms with Gasteiger partial charge in [-0.05, 0) is 164 Å². The van der Waals surface area contributed by atoms with E-state index in [1.807, 2.05) is 84.2 Å². The van der Waals surface area contributed by atoms with Crippen LogP contribution >= 0.6 is 23.5 Å². The van der Waals surface area contributed by atoms with Gasteiger partial charge in [-0.25, -0.2) is 0 Å². The Bertz CT molecular complexity index is 4190. The summed E-state index contributed by atoms with van der Waals surface area (Å²) in [6.45, 7) is 4.83. The van der Waals surface area contributed by atoms with Crippen molar-refractivity contribution in [1.29, 1.82) is 0 Å². The Balaban J connectivity index is 0.921. The van der Waals surface area contributed by atoms with Gasteiger partial charge >= 0.3 is 0 Å². The summed E-state index contributed by atoms with van der Waals surface area (Å²) in [6, 6.07) is 83.9. The summed E-state index contributed by atoms with van der Waals surface area (Å²) in [5.74, 6) is 3.33. The van der Waals surface area contributed by atoms with E-state index in [1.165, 1.54) is 103 Å². The van der Waals surface area contributed by atoms with Gasteiger partial charge in [-0.3, -0.25) is 0 Å². The van der Waals surface area contributed by atoms with E-state index < -0.39 is 0 Å². The van der Waals surface area contributed by atoms with Crippen molar-refractivity contribution in [1.82, 2.24) is 0 Å². The first-order valence-electron chi connectivity index (χ1n) is 25.8. The lowest BCUT2D eigenvalue weighted by molar-refractivity contribution is 0.480. The third-order valence-corrected chi connectivity index (χ3v) is 18.5. The number of benzene rings is 11. The van der Waals surface area contributed by atoms with Gasteiger partial charge in [-0.2, -0.15) is 0 Å². The van der Waals surface area contributed by atoms with E-state index in [0.29, 0.717) is 0 Å². The molecule has 5 aliphatic rings. The second-order valence-corrected chi connectivity index (χ2v) is 22.8. The molecule has 1 aliphatic carbocycles. The quantitative estimate of drug-likeness (QED) is 0.154. The zero-order chi connectivity index (χ0) is 49.5. The van der Waals surface area contributed by atoms with Gasteiger partial charge in [0.2, 0.25) is 13.4 Å². The predicted molar refractivity (Wildman–Crippen MR) is 314 cm³/mol. The van der Waals surface area contributed by atoms with Crippen LogP contribution in [-0.4, -0.2) is 13.4 Å². The van der Waals surface area contributed by atoms with Crippen molar-refractivity contribution in [2.24, 2.45) is 0 Å². The van der Waals surface area contributed by atoms with Gasteiger partial charge in [-0.1, -0.05) is 170 Å². The fourth-order valence-electron chi connectivity index (χ4n) is 13.0. The molecule has 0 saturated heterocycles. The van der Waals surface area contributed by atoms with Crippen molar-refractivity contribution >= 4 is 115 Å². The van der Waals surface area contributed by atoms with Gasteiger partial charge < -0.3 is 19.3 Å². The fraction of sp³-hybridized carbons (Fsp3) is 0.0448. The van der Waals surface area contributed by atoms with Crippen LogP contribution in [-0.2, 0) is 5.41 Å². The average molecular weight is 995 g/mol. The van der Waals surface area contributed by atoms with Gasteiger partial charge in [0.25, 0.3) is 0 Å². The Morgan fingerprint density at radius 2 is 0.947 bits per heavy atom. The number of hydrogen-bond donors (Lipinski definition) is 0. The number of nitrogens with zero attached hydrogens (tertiary/aromatic N) is 2. The first kappa shape index (κ1) is 43.1. The minimum atomic E-state index is -0.347. The smallest absolute Gasteiger partial charge is 0.249 e. The number of para-hydroxylation sites is 6. The third-order valence-electron chi connectivity index (χ3n) is 16.2. The van der Waals surface area contributed by atoms with Crippen molar-refractivity contribution in [3.8, 4) is 34.1 Å². The van der Waals surface area contributed by atoms with Crippen molar-refractivity contribution in [2.45, 2.75) is 38.8 Å². The highest BCUT2D eigenvalue weighted by Crippen LogP contribution is 2.58. The molecule has 0 saturated carbocycles. The van der Waals surface area contributed by atoms with Crippen LogP contribution in [0, 0.1) is 0 Å². The maximum Gasteiger partial charge on any atom is 0.249 e. The zero-order valence-corrected chi connectivity index (χ0v) is 42.8. The van der Waals surface area contributed by atoms with Crippen LogP contribution in [0.2, 0.25) is 0 Å². The molecule has 0 aromatic heterocycles. The molecule has 0 unspecified atom stereocenters. The summed E-state index contributed by atoms with van der Waals surface area (Å²) in [4.78, 5) is 10.3. The molecule has 16 rings (SSSR count). The molecule has 352 valence electrons. The topological polar surface area (TPSA) is 24.9 Å². The van der Waals surface area contributed by atoms with Crippen LogP contribution in [0.15, 0.2) is 250 Å². The largest absolute Gasteiger partial charge is 0.457 e. The first-order valence-corrected chi connectivity index (χ1v) is 27.4. The zero-order valence-electron chi connectivity index (χ0n) is 41.1. The summed E-state index contributed by atoms with van der Waals surface area (Å²) < 4.78 is 13.0. The average Bonchev–Trinajstić information content (AvgIpc) is 3.67. The lowest BCUT2D eigenvalue weighted by atomic mass is 9.31. The van der Waals surface area contributed by atoms with E-state index in [9.17, 15) is 0 Å².